The van der Waals surface area contributed by atoms with Crippen molar-refractivity contribution in [3.63, 3.8) is 0 Å². The molecule has 0 saturated carbocycles. The minimum Gasteiger partial charge on any atom is -0.339 e. The third-order valence-electron chi connectivity index (χ3n) is 3.83. The number of aromatic nitrogens is 2. The van der Waals surface area contributed by atoms with Gasteiger partial charge in [0, 0.05) is 30.5 Å². The largest absolute Gasteiger partial charge is 0.339 e. The Morgan fingerprint density at radius 1 is 1.40 bits per heavy atom. The minimum atomic E-state index is 0.448. The van der Waals surface area contributed by atoms with Gasteiger partial charge < -0.3 is 10.2 Å². The van der Waals surface area contributed by atoms with Crippen LogP contribution in [-0.2, 0) is 0 Å². The average Bonchev–Trinajstić information content (AvgIpc) is 2.90. The molecule has 1 saturated heterocycles. The summed E-state index contributed by atoms with van der Waals surface area (Å²) in [6.45, 7) is 11.9. The molecule has 1 fully saturated rings. The van der Waals surface area contributed by atoms with Crippen LogP contribution in [-0.4, -0.2) is 35.6 Å². The molecular formula is C16H28N4. The van der Waals surface area contributed by atoms with Gasteiger partial charge in [0.15, 0.2) is 0 Å². The summed E-state index contributed by atoms with van der Waals surface area (Å²) in [7, 11) is 0. The highest BCUT2D eigenvalue weighted by atomic mass is 15.3. The highest BCUT2D eigenvalue weighted by Gasteiger charge is 2.20. The summed E-state index contributed by atoms with van der Waals surface area (Å²) in [5.41, 5.74) is 2.21. The average molecular weight is 276 g/mol. The molecule has 1 aliphatic heterocycles. The lowest BCUT2D eigenvalue weighted by atomic mass is 10.1. The van der Waals surface area contributed by atoms with Crippen LogP contribution in [0.2, 0.25) is 0 Å². The highest BCUT2D eigenvalue weighted by molar-refractivity contribution is 5.33. The number of anilines is 1. The minimum absolute atomic E-state index is 0.448. The van der Waals surface area contributed by atoms with Gasteiger partial charge in [0.25, 0.3) is 0 Å². The summed E-state index contributed by atoms with van der Waals surface area (Å²) in [5.74, 6) is 1.35. The number of aryl methyl sites for hydroxylation is 1. The summed E-state index contributed by atoms with van der Waals surface area (Å²) in [6.07, 6.45) is 3.68. The molecule has 4 nitrogen and oxygen atoms in total. The quantitative estimate of drug-likeness (QED) is 0.867. The Labute approximate surface area is 123 Å². The zero-order chi connectivity index (χ0) is 14.5. The number of hydrogen-bond donors (Lipinski definition) is 1. The van der Waals surface area contributed by atoms with Crippen LogP contribution in [0.15, 0.2) is 6.07 Å². The maximum Gasteiger partial charge on any atom is 0.225 e. The van der Waals surface area contributed by atoms with Crippen molar-refractivity contribution in [2.45, 2.75) is 58.9 Å². The van der Waals surface area contributed by atoms with Crippen molar-refractivity contribution in [3.8, 4) is 0 Å². The van der Waals surface area contributed by atoms with E-state index in [2.05, 4.69) is 49.0 Å². The SMILES string of the molecule is CCCN(CC1CCCN1)c1nc(C)cc(C(C)C)n1. The lowest BCUT2D eigenvalue weighted by Crippen LogP contribution is -2.39. The van der Waals surface area contributed by atoms with Gasteiger partial charge in [-0.3, -0.25) is 0 Å². The van der Waals surface area contributed by atoms with E-state index in [9.17, 15) is 0 Å². The van der Waals surface area contributed by atoms with E-state index >= 15 is 0 Å². The van der Waals surface area contributed by atoms with E-state index in [0.29, 0.717) is 12.0 Å². The van der Waals surface area contributed by atoms with E-state index in [0.717, 1.165) is 43.4 Å². The summed E-state index contributed by atoms with van der Waals surface area (Å²) >= 11 is 0. The van der Waals surface area contributed by atoms with Crippen LogP contribution < -0.4 is 10.2 Å². The van der Waals surface area contributed by atoms with Crippen LogP contribution in [0.25, 0.3) is 0 Å². The Hall–Kier alpha value is -1.16. The second kappa shape index (κ2) is 7.02. The van der Waals surface area contributed by atoms with Gasteiger partial charge in [-0.2, -0.15) is 0 Å². The predicted molar refractivity (Wildman–Crippen MR) is 84.4 cm³/mol. The van der Waals surface area contributed by atoms with Gasteiger partial charge in [-0.05, 0) is 44.7 Å². The molecule has 1 atom stereocenters. The van der Waals surface area contributed by atoms with E-state index < -0.39 is 0 Å². The molecule has 0 aromatic carbocycles. The molecule has 0 amide bonds. The molecule has 4 heteroatoms. The number of rotatable bonds is 6. The Kier molecular flexibility index (Phi) is 5.35. The van der Waals surface area contributed by atoms with Crippen molar-refractivity contribution < 1.29 is 0 Å². The van der Waals surface area contributed by atoms with Crippen LogP contribution in [0.5, 0.6) is 0 Å². The third-order valence-corrected chi connectivity index (χ3v) is 3.83. The molecule has 20 heavy (non-hydrogen) atoms. The molecule has 1 N–H and O–H groups in total. The fourth-order valence-electron chi connectivity index (χ4n) is 2.74. The van der Waals surface area contributed by atoms with Crippen molar-refractivity contribution in [3.05, 3.63) is 17.5 Å². The van der Waals surface area contributed by atoms with Crippen LogP contribution in [0.3, 0.4) is 0 Å². The predicted octanol–water partition coefficient (Wildman–Crippen LogP) is 2.88. The molecule has 1 aromatic heterocycles. The van der Waals surface area contributed by atoms with E-state index in [4.69, 9.17) is 4.98 Å². The van der Waals surface area contributed by atoms with Crippen LogP contribution in [0.1, 0.15) is 57.3 Å². The molecular weight excluding hydrogens is 248 g/mol. The highest BCUT2D eigenvalue weighted by Crippen LogP contribution is 2.18. The van der Waals surface area contributed by atoms with Crippen molar-refractivity contribution in [1.82, 2.24) is 15.3 Å². The second-order valence-electron chi connectivity index (χ2n) is 6.13. The van der Waals surface area contributed by atoms with Gasteiger partial charge in [-0.15, -0.1) is 0 Å². The Morgan fingerprint density at radius 2 is 2.20 bits per heavy atom. The molecule has 1 aliphatic rings. The topological polar surface area (TPSA) is 41.0 Å². The Bertz CT molecular complexity index is 424. The van der Waals surface area contributed by atoms with Gasteiger partial charge in [0.05, 0.1) is 0 Å². The van der Waals surface area contributed by atoms with Gasteiger partial charge in [0.2, 0.25) is 5.95 Å². The fourth-order valence-corrected chi connectivity index (χ4v) is 2.74. The molecule has 1 aromatic rings. The summed E-state index contributed by atoms with van der Waals surface area (Å²) in [4.78, 5) is 11.8. The normalized spacial score (nSPS) is 18.8. The van der Waals surface area contributed by atoms with Gasteiger partial charge in [-0.25, -0.2) is 9.97 Å². The van der Waals surface area contributed by atoms with Gasteiger partial charge >= 0.3 is 0 Å². The van der Waals surface area contributed by atoms with E-state index in [1.807, 2.05) is 0 Å². The standard InChI is InChI=1S/C16H28N4/c1-5-9-20(11-14-7-6-8-17-14)16-18-13(4)10-15(19-16)12(2)3/h10,12,14,17H,5-9,11H2,1-4H3. The van der Waals surface area contributed by atoms with E-state index in [1.54, 1.807) is 0 Å². The summed E-state index contributed by atoms with van der Waals surface area (Å²) in [5, 5.41) is 3.57. The Morgan fingerprint density at radius 3 is 2.80 bits per heavy atom. The Balaban J connectivity index is 2.18. The zero-order valence-electron chi connectivity index (χ0n) is 13.3. The van der Waals surface area contributed by atoms with Crippen molar-refractivity contribution in [2.75, 3.05) is 24.5 Å². The molecule has 1 unspecified atom stereocenters. The number of nitrogens with one attached hydrogen (secondary N) is 1. The summed E-state index contributed by atoms with van der Waals surface area (Å²) < 4.78 is 0. The molecule has 0 spiro atoms. The van der Waals surface area contributed by atoms with Gasteiger partial charge in [0.1, 0.15) is 0 Å². The number of hydrogen-bond acceptors (Lipinski definition) is 4. The maximum atomic E-state index is 4.78. The molecule has 0 radical (unpaired) electrons. The lowest BCUT2D eigenvalue weighted by molar-refractivity contribution is 0.570. The first-order valence-electron chi connectivity index (χ1n) is 7.94. The lowest BCUT2D eigenvalue weighted by Gasteiger charge is -2.26. The monoisotopic (exact) mass is 276 g/mol. The fraction of sp³-hybridized carbons (Fsp3) is 0.750. The molecule has 2 heterocycles. The van der Waals surface area contributed by atoms with E-state index in [-0.39, 0.29) is 0 Å². The van der Waals surface area contributed by atoms with Crippen molar-refractivity contribution in [1.29, 1.82) is 0 Å². The molecule has 0 bridgehead atoms. The first-order chi connectivity index (χ1) is 9.60. The number of nitrogens with zero attached hydrogens (tertiary/aromatic N) is 3. The van der Waals surface area contributed by atoms with Crippen LogP contribution >= 0.6 is 0 Å². The second-order valence-corrected chi connectivity index (χ2v) is 6.13. The maximum absolute atomic E-state index is 4.78. The van der Waals surface area contributed by atoms with Crippen molar-refractivity contribution >= 4 is 5.95 Å². The molecule has 2 rings (SSSR count). The van der Waals surface area contributed by atoms with E-state index in [1.165, 1.54) is 12.8 Å². The van der Waals surface area contributed by atoms with Gasteiger partial charge in [-0.1, -0.05) is 20.8 Å². The molecule has 112 valence electrons. The first kappa shape index (κ1) is 15.2. The third kappa shape index (κ3) is 3.92. The smallest absolute Gasteiger partial charge is 0.225 e. The van der Waals surface area contributed by atoms with Crippen LogP contribution in [0, 0.1) is 6.92 Å². The zero-order valence-corrected chi connectivity index (χ0v) is 13.3. The van der Waals surface area contributed by atoms with Crippen molar-refractivity contribution in [2.24, 2.45) is 0 Å². The van der Waals surface area contributed by atoms with Crippen LogP contribution in [0.4, 0.5) is 5.95 Å². The molecule has 0 aliphatic carbocycles. The first-order valence-corrected chi connectivity index (χ1v) is 7.94. The summed E-state index contributed by atoms with van der Waals surface area (Å²) in [6, 6.07) is 2.69.